The summed E-state index contributed by atoms with van der Waals surface area (Å²) < 4.78 is 0. The van der Waals surface area contributed by atoms with Crippen molar-refractivity contribution in [3.63, 3.8) is 0 Å². The first kappa shape index (κ1) is 7.61. The molecule has 2 heteroatoms. The Morgan fingerprint density at radius 2 is 1.90 bits per heavy atom. The summed E-state index contributed by atoms with van der Waals surface area (Å²) in [6.07, 6.45) is 3.88. The Labute approximate surface area is 62.2 Å². The second-order valence-electron chi connectivity index (χ2n) is 2.90. The van der Waals surface area contributed by atoms with Crippen molar-refractivity contribution >= 4 is 0 Å². The van der Waals surface area contributed by atoms with E-state index in [1.807, 2.05) is 0 Å². The van der Waals surface area contributed by atoms with Crippen molar-refractivity contribution in [1.29, 1.82) is 0 Å². The molecule has 0 bridgehead atoms. The number of rotatable bonds is 2. The van der Waals surface area contributed by atoms with Gasteiger partial charge in [-0.05, 0) is 25.9 Å². The number of aliphatic hydroxyl groups is 1. The van der Waals surface area contributed by atoms with E-state index in [2.05, 4.69) is 11.5 Å². The maximum Gasteiger partial charge on any atom is 0.0991 e. The Morgan fingerprint density at radius 1 is 1.30 bits per heavy atom. The highest BCUT2D eigenvalue weighted by molar-refractivity contribution is 4.84. The normalized spacial score (nSPS) is 20.8. The molecule has 0 aromatic rings. The van der Waals surface area contributed by atoms with Crippen LogP contribution >= 0.6 is 0 Å². The zero-order valence-electron chi connectivity index (χ0n) is 6.34. The van der Waals surface area contributed by atoms with Gasteiger partial charge < -0.3 is 5.11 Å². The van der Waals surface area contributed by atoms with E-state index >= 15 is 0 Å². The Kier molecular flexibility index (Phi) is 2.75. The van der Waals surface area contributed by atoms with Gasteiger partial charge in [0.05, 0.1) is 12.3 Å². The maximum atomic E-state index is 8.87. The van der Waals surface area contributed by atoms with Crippen LogP contribution in [0.2, 0.25) is 0 Å². The minimum Gasteiger partial charge on any atom is -0.512 e. The second kappa shape index (κ2) is 3.62. The van der Waals surface area contributed by atoms with Crippen LogP contribution in [0.25, 0.3) is 0 Å². The molecule has 0 aliphatic carbocycles. The molecule has 58 valence electrons. The van der Waals surface area contributed by atoms with Gasteiger partial charge >= 0.3 is 0 Å². The highest BCUT2D eigenvalue weighted by Crippen LogP contribution is 2.08. The zero-order chi connectivity index (χ0) is 7.40. The topological polar surface area (TPSA) is 23.5 Å². The molecule has 1 N–H and O–H groups in total. The van der Waals surface area contributed by atoms with Gasteiger partial charge in [-0.1, -0.05) is 13.0 Å². The summed E-state index contributed by atoms with van der Waals surface area (Å²) in [6.45, 7) is 6.38. The smallest absolute Gasteiger partial charge is 0.0991 e. The molecule has 0 atom stereocenters. The molecule has 0 saturated carbocycles. The van der Waals surface area contributed by atoms with E-state index in [1.165, 1.54) is 19.3 Å². The van der Waals surface area contributed by atoms with Crippen molar-refractivity contribution in [1.82, 2.24) is 4.90 Å². The monoisotopic (exact) mass is 141 g/mol. The molecule has 0 amide bonds. The molecule has 0 aromatic carbocycles. The largest absolute Gasteiger partial charge is 0.512 e. The van der Waals surface area contributed by atoms with Gasteiger partial charge in [-0.2, -0.15) is 0 Å². The van der Waals surface area contributed by atoms with E-state index in [0.717, 1.165) is 13.1 Å². The van der Waals surface area contributed by atoms with Gasteiger partial charge in [0.25, 0.3) is 0 Å². The lowest BCUT2D eigenvalue weighted by molar-refractivity contribution is 0.215. The molecule has 1 aliphatic rings. The van der Waals surface area contributed by atoms with Crippen LogP contribution in [0.1, 0.15) is 19.3 Å². The molecule has 0 radical (unpaired) electrons. The first-order chi connectivity index (χ1) is 4.79. The van der Waals surface area contributed by atoms with Crippen molar-refractivity contribution in [2.75, 3.05) is 19.6 Å². The fraction of sp³-hybridized carbons (Fsp3) is 0.750. The summed E-state index contributed by atoms with van der Waals surface area (Å²) >= 11 is 0. The predicted octanol–water partition coefficient (Wildman–Crippen LogP) is 1.54. The van der Waals surface area contributed by atoms with Crippen LogP contribution in [-0.4, -0.2) is 29.6 Å². The Hall–Kier alpha value is -0.500. The number of hydrogen-bond donors (Lipinski definition) is 1. The number of likely N-dealkylation sites (tertiary alicyclic amines) is 1. The van der Waals surface area contributed by atoms with Crippen LogP contribution in [0.3, 0.4) is 0 Å². The molecule has 0 spiro atoms. The molecule has 1 saturated heterocycles. The number of piperidine rings is 1. The molecule has 1 rings (SSSR count). The van der Waals surface area contributed by atoms with E-state index in [1.54, 1.807) is 0 Å². The summed E-state index contributed by atoms with van der Waals surface area (Å²) in [5.74, 6) is 0.293. The fourth-order valence-electron chi connectivity index (χ4n) is 1.38. The molecular formula is C8H15NO. The summed E-state index contributed by atoms with van der Waals surface area (Å²) in [4.78, 5) is 2.24. The third-order valence-corrected chi connectivity index (χ3v) is 1.85. The average Bonchev–Trinajstić information content (AvgIpc) is 1.88. The van der Waals surface area contributed by atoms with Crippen LogP contribution in [0.4, 0.5) is 0 Å². The highest BCUT2D eigenvalue weighted by atomic mass is 16.3. The third-order valence-electron chi connectivity index (χ3n) is 1.85. The molecule has 10 heavy (non-hydrogen) atoms. The van der Waals surface area contributed by atoms with Crippen LogP contribution in [0, 0.1) is 0 Å². The van der Waals surface area contributed by atoms with Crippen LogP contribution in [0.5, 0.6) is 0 Å². The molecule has 1 fully saturated rings. The van der Waals surface area contributed by atoms with Gasteiger partial charge in [0.2, 0.25) is 0 Å². The molecule has 2 nitrogen and oxygen atoms in total. The number of hydrogen-bond acceptors (Lipinski definition) is 2. The van der Waals surface area contributed by atoms with Crippen molar-refractivity contribution in [3.05, 3.63) is 12.3 Å². The SMILES string of the molecule is C=C(O)CN1CCCCC1. The van der Waals surface area contributed by atoms with Gasteiger partial charge in [0.1, 0.15) is 0 Å². The van der Waals surface area contributed by atoms with Gasteiger partial charge in [0.15, 0.2) is 0 Å². The highest BCUT2D eigenvalue weighted by Gasteiger charge is 2.09. The maximum absolute atomic E-state index is 8.87. The van der Waals surface area contributed by atoms with Crippen LogP contribution < -0.4 is 0 Å². The minimum atomic E-state index is 0.293. The van der Waals surface area contributed by atoms with Crippen molar-refractivity contribution < 1.29 is 5.11 Å². The van der Waals surface area contributed by atoms with Crippen LogP contribution in [0.15, 0.2) is 12.3 Å². The quantitative estimate of drug-likeness (QED) is 0.590. The number of nitrogens with zero attached hydrogens (tertiary/aromatic N) is 1. The summed E-state index contributed by atoms with van der Waals surface area (Å²) in [5.41, 5.74) is 0. The first-order valence-corrected chi connectivity index (χ1v) is 3.88. The first-order valence-electron chi connectivity index (χ1n) is 3.88. The van der Waals surface area contributed by atoms with E-state index in [4.69, 9.17) is 5.11 Å². The second-order valence-corrected chi connectivity index (χ2v) is 2.90. The lowest BCUT2D eigenvalue weighted by Crippen LogP contribution is -2.31. The van der Waals surface area contributed by atoms with Crippen molar-refractivity contribution in [2.45, 2.75) is 19.3 Å². The van der Waals surface area contributed by atoms with Gasteiger partial charge in [0, 0.05) is 0 Å². The minimum absolute atomic E-state index is 0.293. The summed E-state index contributed by atoms with van der Waals surface area (Å²) in [6, 6.07) is 0. The van der Waals surface area contributed by atoms with E-state index < -0.39 is 0 Å². The standard InChI is InChI=1S/C8H15NO/c1-8(10)7-9-5-3-2-4-6-9/h10H,1-7H2. The van der Waals surface area contributed by atoms with Gasteiger partial charge in [-0.3, -0.25) is 4.90 Å². The van der Waals surface area contributed by atoms with E-state index in [0.29, 0.717) is 12.3 Å². The van der Waals surface area contributed by atoms with Crippen LogP contribution in [-0.2, 0) is 0 Å². The predicted molar refractivity (Wildman–Crippen MR) is 42.1 cm³/mol. The lowest BCUT2D eigenvalue weighted by Gasteiger charge is -2.25. The molecular weight excluding hydrogens is 126 g/mol. The zero-order valence-corrected chi connectivity index (χ0v) is 6.34. The van der Waals surface area contributed by atoms with Gasteiger partial charge in [-0.15, -0.1) is 0 Å². The lowest BCUT2D eigenvalue weighted by atomic mass is 10.1. The third kappa shape index (κ3) is 2.40. The Morgan fingerprint density at radius 3 is 2.40 bits per heavy atom. The van der Waals surface area contributed by atoms with E-state index in [-0.39, 0.29) is 0 Å². The molecule has 1 heterocycles. The molecule has 0 aromatic heterocycles. The average molecular weight is 141 g/mol. The van der Waals surface area contributed by atoms with Crippen molar-refractivity contribution in [3.8, 4) is 0 Å². The number of aliphatic hydroxyl groups excluding tert-OH is 1. The van der Waals surface area contributed by atoms with E-state index in [9.17, 15) is 0 Å². The van der Waals surface area contributed by atoms with Crippen molar-refractivity contribution in [2.24, 2.45) is 0 Å². The fourth-order valence-corrected chi connectivity index (χ4v) is 1.38. The summed E-state index contributed by atoms with van der Waals surface area (Å²) in [7, 11) is 0. The molecule has 1 aliphatic heterocycles. The molecule has 0 unspecified atom stereocenters. The Balaban J connectivity index is 2.19. The Bertz CT molecular complexity index is 116. The van der Waals surface area contributed by atoms with Gasteiger partial charge in [-0.25, -0.2) is 0 Å². The summed E-state index contributed by atoms with van der Waals surface area (Å²) in [5, 5.41) is 8.87.